The number of nitrogens with one attached hydrogen (secondary N) is 1. The fourth-order valence-electron chi connectivity index (χ4n) is 2.72. The van der Waals surface area contributed by atoms with Crippen LogP contribution in [0, 0.1) is 0 Å². The minimum Gasteiger partial charge on any atom is -0.372 e. The summed E-state index contributed by atoms with van der Waals surface area (Å²) < 4.78 is 0. The Morgan fingerprint density at radius 3 is 2.43 bits per heavy atom. The van der Waals surface area contributed by atoms with Gasteiger partial charge in [-0.1, -0.05) is 43.0 Å². The van der Waals surface area contributed by atoms with Gasteiger partial charge in [0.05, 0.1) is 11.3 Å². The van der Waals surface area contributed by atoms with E-state index in [1.165, 1.54) is 4.90 Å². The summed E-state index contributed by atoms with van der Waals surface area (Å²) in [6.07, 6.45) is 0. The van der Waals surface area contributed by atoms with Crippen molar-refractivity contribution in [2.24, 2.45) is 0 Å². The zero-order chi connectivity index (χ0) is 16.6. The number of anilines is 2. The van der Waals surface area contributed by atoms with Crippen molar-refractivity contribution in [3.63, 3.8) is 0 Å². The van der Waals surface area contributed by atoms with E-state index in [1.54, 1.807) is 55.6 Å². The van der Waals surface area contributed by atoms with Crippen LogP contribution in [0.4, 0.5) is 11.4 Å². The van der Waals surface area contributed by atoms with Crippen LogP contribution in [-0.2, 0) is 15.2 Å². The lowest BCUT2D eigenvalue weighted by molar-refractivity contribution is -0.134. The Labute approximate surface area is 133 Å². The van der Waals surface area contributed by atoms with Gasteiger partial charge in [-0.3, -0.25) is 9.59 Å². The van der Waals surface area contributed by atoms with Crippen molar-refractivity contribution < 1.29 is 14.7 Å². The number of nitrogens with zero attached hydrogens (tertiary/aromatic N) is 1. The van der Waals surface area contributed by atoms with Crippen molar-refractivity contribution >= 4 is 23.2 Å². The molecule has 2 N–H and O–H groups in total. The van der Waals surface area contributed by atoms with Crippen molar-refractivity contribution in [2.75, 3.05) is 17.3 Å². The predicted molar refractivity (Wildman–Crippen MR) is 88.0 cm³/mol. The second-order valence-electron chi connectivity index (χ2n) is 5.39. The van der Waals surface area contributed by atoms with Gasteiger partial charge in [0.1, 0.15) is 0 Å². The second kappa shape index (κ2) is 5.37. The molecule has 1 unspecified atom stereocenters. The first-order valence-electron chi connectivity index (χ1n) is 7.12. The fourth-order valence-corrected chi connectivity index (χ4v) is 2.72. The third-order valence-corrected chi connectivity index (χ3v) is 4.01. The summed E-state index contributed by atoms with van der Waals surface area (Å²) in [6, 6.07) is 15.6. The monoisotopic (exact) mass is 308 g/mol. The minimum atomic E-state index is -2.05. The van der Waals surface area contributed by atoms with Gasteiger partial charge in [0.15, 0.2) is 0 Å². The van der Waals surface area contributed by atoms with Crippen molar-refractivity contribution in [1.29, 1.82) is 0 Å². The number of carbonyl (C=O) groups excluding carboxylic acids is 2. The lowest BCUT2D eigenvalue weighted by atomic mass is 9.87. The lowest BCUT2D eigenvalue weighted by Crippen LogP contribution is -2.43. The van der Waals surface area contributed by atoms with E-state index in [0.717, 1.165) is 0 Å². The Balaban J connectivity index is 1.95. The topological polar surface area (TPSA) is 69.6 Å². The Morgan fingerprint density at radius 2 is 1.74 bits per heavy atom. The zero-order valence-electron chi connectivity index (χ0n) is 12.6. The molecule has 0 aliphatic carbocycles. The first-order chi connectivity index (χ1) is 11.0. The smallest absolute Gasteiger partial charge is 0.268 e. The molecule has 0 saturated heterocycles. The number of hydrogen-bond acceptors (Lipinski definition) is 3. The van der Waals surface area contributed by atoms with E-state index in [4.69, 9.17) is 0 Å². The van der Waals surface area contributed by atoms with Gasteiger partial charge in [0, 0.05) is 18.3 Å². The quantitative estimate of drug-likeness (QED) is 0.853. The Hall–Kier alpha value is -2.92. The molecule has 0 radical (unpaired) electrons. The maximum atomic E-state index is 12.5. The number of aliphatic hydroxyl groups is 1. The van der Waals surface area contributed by atoms with E-state index < -0.39 is 17.4 Å². The molecule has 0 spiro atoms. The maximum Gasteiger partial charge on any atom is 0.268 e. The molecule has 1 aliphatic rings. The number of amides is 2. The van der Waals surface area contributed by atoms with E-state index >= 15 is 0 Å². The van der Waals surface area contributed by atoms with Crippen LogP contribution in [0.15, 0.2) is 66.7 Å². The maximum absolute atomic E-state index is 12.5. The Kier molecular flexibility index (Phi) is 3.50. The molecule has 2 amide bonds. The van der Waals surface area contributed by atoms with Crippen LogP contribution in [0.2, 0.25) is 0 Å². The first-order valence-corrected chi connectivity index (χ1v) is 7.12. The highest BCUT2D eigenvalue weighted by atomic mass is 16.3. The molecule has 1 heterocycles. The van der Waals surface area contributed by atoms with Crippen LogP contribution in [0.3, 0.4) is 0 Å². The van der Waals surface area contributed by atoms with Crippen LogP contribution in [0.5, 0.6) is 0 Å². The largest absolute Gasteiger partial charge is 0.372 e. The molecule has 23 heavy (non-hydrogen) atoms. The van der Waals surface area contributed by atoms with Gasteiger partial charge in [-0.2, -0.15) is 0 Å². The number of rotatable bonds is 3. The first kappa shape index (κ1) is 15.0. The number of likely N-dealkylation sites (N-methyl/N-ethyl adjacent to an activating group) is 1. The standard InChI is InChI=1S/C18H16N2O3/c1-12(16(21)19-13-8-4-3-5-9-13)18(23)14-10-6-7-11-15(14)20(2)17(18)22/h3-11,23H,1H2,2H3,(H,19,21). The molecule has 0 aromatic heterocycles. The van der Waals surface area contributed by atoms with Crippen molar-refractivity contribution in [2.45, 2.75) is 5.60 Å². The average Bonchev–Trinajstić information content (AvgIpc) is 2.78. The highest BCUT2D eigenvalue weighted by Crippen LogP contribution is 2.43. The molecule has 5 heteroatoms. The number of fused-ring (bicyclic) bond motifs is 1. The summed E-state index contributed by atoms with van der Waals surface area (Å²) in [4.78, 5) is 26.3. The van der Waals surface area contributed by atoms with E-state index in [1.807, 2.05) is 6.07 Å². The van der Waals surface area contributed by atoms with Crippen LogP contribution >= 0.6 is 0 Å². The predicted octanol–water partition coefficient (Wildman–Crippen LogP) is 2.05. The minimum absolute atomic E-state index is 0.205. The number of hydrogen-bond donors (Lipinski definition) is 2. The summed E-state index contributed by atoms with van der Waals surface area (Å²) >= 11 is 0. The highest BCUT2D eigenvalue weighted by molar-refractivity contribution is 6.16. The molecule has 1 aliphatic heterocycles. The molecule has 0 bridgehead atoms. The third-order valence-electron chi connectivity index (χ3n) is 4.01. The Morgan fingerprint density at radius 1 is 1.13 bits per heavy atom. The molecule has 0 fully saturated rings. The van der Waals surface area contributed by atoms with Gasteiger partial charge in [0.2, 0.25) is 5.60 Å². The van der Waals surface area contributed by atoms with Gasteiger partial charge >= 0.3 is 0 Å². The van der Waals surface area contributed by atoms with E-state index in [2.05, 4.69) is 11.9 Å². The van der Waals surface area contributed by atoms with E-state index in [9.17, 15) is 14.7 Å². The number of para-hydroxylation sites is 2. The van der Waals surface area contributed by atoms with E-state index in [-0.39, 0.29) is 5.57 Å². The SMILES string of the molecule is C=C(C(=O)Nc1ccccc1)C1(O)C(=O)N(C)c2ccccc21. The second-order valence-corrected chi connectivity index (χ2v) is 5.39. The highest BCUT2D eigenvalue weighted by Gasteiger charge is 2.52. The van der Waals surface area contributed by atoms with Crippen LogP contribution < -0.4 is 10.2 Å². The van der Waals surface area contributed by atoms with Crippen LogP contribution in [0.1, 0.15) is 5.56 Å². The summed E-state index contributed by atoms with van der Waals surface area (Å²) in [5, 5.41) is 13.6. The molecule has 0 saturated carbocycles. The van der Waals surface area contributed by atoms with Gasteiger partial charge in [-0.15, -0.1) is 0 Å². The fraction of sp³-hybridized carbons (Fsp3) is 0.111. The van der Waals surface area contributed by atoms with Crippen molar-refractivity contribution in [3.8, 4) is 0 Å². The van der Waals surface area contributed by atoms with Crippen LogP contribution in [0.25, 0.3) is 0 Å². The number of benzene rings is 2. The third kappa shape index (κ3) is 2.22. The Bertz CT molecular complexity index is 801. The van der Waals surface area contributed by atoms with Gasteiger partial charge in [0.25, 0.3) is 11.8 Å². The molecular formula is C18H16N2O3. The van der Waals surface area contributed by atoms with Crippen molar-refractivity contribution in [3.05, 3.63) is 72.3 Å². The van der Waals surface area contributed by atoms with Gasteiger partial charge in [-0.25, -0.2) is 0 Å². The molecule has 3 rings (SSSR count). The average molecular weight is 308 g/mol. The van der Waals surface area contributed by atoms with Crippen LogP contribution in [-0.4, -0.2) is 24.0 Å². The number of carbonyl (C=O) groups is 2. The van der Waals surface area contributed by atoms with E-state index in [0.29, 0.717) is 16.9 Å². The molecule has 116 valence electrons. The summed E-state index contributed by atoms with van der Waals surface area (Å²) in [5.41, 5.74) is -0.767. The molecule has 2 aromatic rings. The summed E-state index contributed by atoms with van der Waals surface area (Å²) in [7, 11) is 1.56. The lowest BCUT2D eigenvalue weighted by Gasteiger charge is -2.23. The molecular weight excluding hydrogens is 292 g/mol. The summed E-state index contributed by atoms with van der Waals surface area (Å²) in [5.74, 6) is -1.19. The molecule has 5 nitrogen and oxygen atoms in total. The normalized spacial score (nSPS) is 19.4. The summed E-state index contributed by atoms with van der Waals surface area (Å²) in [6.45, 7) is 3.68. The molecule has 1 atom stereocenters. The zero-order valence-corrected chi connectivity index (χ0v) is 12.6. The van der Waals surface area contributed by atoms with Crippen molar-refractivity contribution in [1.82, 2.24) is 0 Å². The van der Waals surface area contributed by atoms with Gasteiger partial charge in [-0.05, 0) is 18.2 Å². The van der Waals surface area contributed by atoms with Gasteiger partial charge < -0.3 is 15.3 Å². The molecule has 2 aromatic carbocycles.